The van der Waals surface area contributed by atoms with Crippen molar-refractivity contribution in [1.29, 1.82) is 0 Å². The predicted molar refractivity (Wildman–Crippen MR) is 94.3 cm³/mol. The predicted octanol–water partition coefficient (Wildman–Crippen LogP) is 6.45. The Morgan fingerprint density at radius 2 is 1.74 bits per heavy atom. The molecule has 6 heteroatoms. The fraction of sp³-hybridized carbons (Fsp3) is 0. The quantitative estimate of drug-likeness (QED) is 0.444. The van der Waals surface area contributed by atoms with E-state index in [1.165, 1.54) is 0 Å². The number of aromatic amines is 1. The second-order valence-corrected chi connectivity index (χ2v) is 6.23. The van der Waals surface area contributed by atoms with Crippen LogP contribution >= 0.6 is 34.8 Å². The first-order chi connectivity index (χ1) is 11.1. The summed E-state index contributed by atoms with van der Waals surface area (Å²) in [4.78, 5) is 7.70. The Bertz CT molecular complexity index is 1020. The van der Waals surface area contributed by atoms with Crippen molar-refractivity contribution in [3.8, 4) is 22.9 Å². The molecule has 0 atom stereocenters. The van der Waals surface area contributed by atoms with E-state index in [0.717, 1.165) is 16.6 Å². The molecule has 0 amide bonds. The molecule has 0 saturated carbocycles. The molecule has 23 heavy (non-hydrogen) atoms. The van der Waals surface area contributed by atoms with E-state index in [1.54, 1.807) is 12.1 Å². The summed E-state index contributed by atoms with van der Waals surface area (Å²) in [7, 11) is 0. The van der Waals surface area contributed by atoms with Crippen molar-refractivity contribution in [2.75, 3.05) is 0 Å². The topological polar surface area (TPSA) is 41.8 Å². The van der Waals surface area contributed by atoms with Crippen molar-refractivity contribution in [2.45, 2.75) is 0 Å². The molecule has 0 spiro atoms. The molecule has 0 fully saturated rings. The fourth-order valence-corrected chi connectivity index (χ4v) is 2.97. The molecule has 4 aromatic rings. The number of nitrogens with one attached hydrogen (secondary N) is 1. The molecule has 3 nitrogen and oxygen atoms in total. The lowest BCUT2D eigenvalue weighted by molar-refractivity contribution is 0.593. The van der Waals surface area contributed by atoms with Crippen LogP contribution in [0.2, 0.25) is 15.1 Å². The van der Waals surface area contributed by atoms with Crippen molar-refractivity contribution in [1.82, 2.24) is 9.97 Å². The van der Waals surface area contributed by atoms with Gasteiger partial charge < -0.3 is 9.40 Å². The maximum absolute atomic E-state index is 6.23. The van der Waals surface area contributed by atoms with Gasteiger partial charge in [-0.05, 0) is 42.5 Å². The number of rotatable bonds is 2. The molecule has 2 aromatic carbocycles. The lowest BCUT2D eigenvalue weighted by atomic mass is 10.2. The van der Waals surface area contributed by atoms with Crippen molar-refractivity contribution in [2.24, 2.45) is 0 Å². The van der Waals surface area contributed by atoms with Crippen LogP contribution < -0.4 is 0 Å². The smallest absolute Gasteiger partial charge is 0.174 e. The molecule has 0 radical (unpaired) electrons. The van der Waals surface area contributed by atoms with Gasteiger partial charge in [-0.2, -0.15) is 0 Å². The van der Waals surface area contributed by atoms with Crippen LogP contribution in [-0.4, -0.2) is 9.97 Å². The monoisotopic (exact) mass is 362 g/mol. The zero-order chi connectivity index (χ0) is 16.0. The Hall–Kier alpha value is -1.94. The van der Waals surface area contributed by atoms with Gasteiger partial charge in [-0.3, -0.25) is 0 Å². The number of imidazole rings is 1. The average molecular weight is 364 g/mol. The van der Waals surface area contributed by atoms with E-state index >= 15 is 0 Å². The SMILES string of the molecule is Clc1ccc2nc(-c3ccc(-c4cccc(Cl)c4Cl)o3)[nH]c2c1. The molecule has 2 aromatic heterocycles. The number of furan rings is 1. The minimum Gasteiger partial charge on any atom is -0.453 e. The summed E-state index contributed by atoms with van der Waals surface area (Å²) < 4.78 is 5.88. The number of hydrogen-bond donors (Lipinski definition) is 1. The first kappa shape index (κ1) is 14.6. The number of H-pyrrole nitrogens is 1. The summed E-state index contributed by atoms with van der Waals surface area (Å²) in [6.45, 7) is 0. The Morgan fingerprint density at radius 1 is 0.913 bits per heavy atom. The first-order valence-corrected chi connectivity index (χ1v) is 7.95. The van der Waals surface area contributed by atoms with Gasteiger partial charge in [-0.25, -0.2) is 4.98 Å². The minimum atomic E-state index is 0.464. The number of aromatic nitrogens is 2. The fourth-order valence-electron chi connectivity index (χ4n) is 2.40. The molecule has 4 rings (SSSR count). The van der Waals surface area contributed by atoms with E-state index in [1.807, 2.05) is 36.4 Å². The highest BCUT2D eigenvalue weighted by Crippen LogP contribution is 2.36. The number of halogens is 3. The Morgan fingerprint density at radius 3 is 2.61 bits per heavy atom. The van der Waals surface area contributed by atoms with E-state index in [0.29, 0.717) is 32.4 Å². The van der Waals surface area contributed by atoms with Gasteiger partial charge in [0.15, 0.2) is 11.6 Å². The van der Waals surface area contributed by atoms with Crippen LogP contribution in [-0.2, 0) is 0 Å². The molecule has 0 unspecified atom stereocenters. The summed E-state index contributed by atoms with van der Waals surface area (Å²) >= 11 is 18.3. The molecule has 114 valence electrons. The molecular weight excluding hydrogens is 355 g/mol. The molecule has 2 heterocycles. The molecular formula is C17H9Cl3N2O. The van der Waals surface area contributed by atoms with Crippen molar-refractivity contribution in [3.63, 3.8) is 0 Å². The van der Waals surface area contributed by atoms with E-state index in [9.17, 15) is 0 Å². The van der Waals surface area contributed by atoms with Crippen LogP contribution in [0.1, 0.15) is 0 Å². The van der Waals surface area contributed by atoms with Gasteiger partial charge in [0.2, 0.25) is 0 Å². The number of fused-ring (bicyclic) bond motifs is 1. The minimum absolute atomic E-state index is 0.464. The van der Waals surface area contributed by atoms with E-state index in [4.69, 9.17) is 39.2 Å². The van der Waals surface area contributed by atoms with E-state index < -0.39 is 0 Å². The van der Waals surface area contributed by atoms with Crippen molar-refractivity contribution in [3.05, 3.63) is 63.6 Å². The number of benzene rings is 2. The van der Waals surface area contributed by atoms with E-state index in [-0.39, 0.29) is 0 Å². The van der Waals surface area contributed by atoms with Gasteiger partial charge >= 0.3 is 0 Å². The molecule has 0 saturated heterocycles. The van der Waals surface area contributed by atoms with Crippen LogP contribution in [0.4, 0.5) is 0 Å². The van der Waals surface area contributed by atoms with Crippen LogP contribution in [0.5, 0.6) is 0 Å². The summed E-state index contributed by atoms with van der Waals surface area (Å²) in [5.74, 6) is 1.88. The van der Waals surface area contributed by atoms with Crippen molar-refractivity contribution < 1.29 is 4.42 Å². The Labute approximate surface area is 146 Å². The summed E-state index contributed by atoms with van der Waals surface area (Å²) in [6.07, 6.45) is 0. The summed E-state index contributed by atoms with van der Waals surface area (Å²) in [5, 5.41) is 1.60. The number of nitrogens with zero attached hydrogens (tertiary/aromatic N) is 1. The average Bonchev–Trinajstić information content (AvgIpc) is 3.15. The van der Waals surface area contributed by atoms with Gasteiger partial charge in [0, 0.05) is 10.6 Å². The normalized spacial score (nSPS) is 11.3. The lowest BCUT2D eigenvalue weighted by Crippen LogP contribution is -1.78. The number of hydrogen-bond acceptors (Lipinski definition) is 2. The Kier molecular flexibility index (Phi) is 3.57. The lowest BCUT2D eigenvalue weighted by Gasteiger charge is -2.02. The molecule has 0 aliphatic rings. The van der Waals surface area contributed by atoms with Gasteiger partial charge in [-0.1, -0.05) is 40.9 Å². The van der Waals surface area contributed by atoms with Gasteiger partial charge in [0.25, 0.3) is 0 Å². The standard InChI is InChI=1S/C17H9Cl3N2O/c18-9-4-5-12-13(8-9)22-17(21-12)15-7-6-14(23-15)10-2-1-3-11(19)16(10)20/h1-8H,(H,21,22). The second kappa shape index (κ2) is 5.60. The van der Waals surface area contributed by atoms with Gasteiger partial charge in [-0.15, -0.1) is 0 Å². The third-order valence-electron chi connectivity index (χ3n) is 3.50. The van der Waals surface area contributed by atoms with Gasteiger partial charge in [0.05, 0.1) is 21.1 Å². The third kappa shape index (κ3) is 2.61. The Balaban J connectivity index is 1.78. The highest BCUT2D eigenvalue weighted by atomic mass is 35.5. The van der Waals surface area contributed by atoms with Crippen LogP contribution in [0.3, 0.4) is 0 Å². The second-order valence-electron chi connectivity index (χ2n) is 5.01. The summed E-state index contributed by atoms with van der Waals surface area (Å²) in [6, 6.07) is 14.6. The third-order valence-corrected chi connectivity index (χ3v) is 4.55. The molecule has 0 bridgehead atoms. The van der Waals surface area contributed by atoms with Crippen molar-refractivity contribution >= 4 is 45.8 Å². The van der Waals surface area contributed by atoms with Crippen LogP contribution in [0, 0.1) is 0 Å². The summed E-state index contributed by atoms with van der Waals surface area (Å²) in [5.41, 5.74) is 2.42. The van der Waals surface area contributed by atoms with E-state index in [2.05, 4.69) is 9.97 Å². The zero-order valence-corrected chi connectivity index (χ0v) is 13.9. The van der Waals surface area contributed by atoms with Crippen LogP contribution in [0.15, 0.2) is 52.9 Å². The molecule has 0 aliphatic carbocycles. The highest BCUT2D eigenvalue weighted by Gasteiger charge is 2.14. The first-order valence-electron chi connectivity index (χ1n) is 6.82. The largest absolute Gasteiger partial charge is 0.453 e. The molecule has 1 N–H and O–H groups in total. The highest BCUT2D eigenvalue weighted by molar-refractivity contribution is 6.43. The van der Waals surface area contributed by atoms with Gasteiger partial charge in [0.1, 0.15) is 5.76 Å². The maximum atomic E-state index is 6.23. The maximum Gasteiger partial charge on any atom is 0.174 e. The molecule has 0 aliphatic heterocycles. The zero-order valence-electron chi connectivity index (χ0n) is 11.6. The van der Waals surface area contributed by atoms with Crippen LogP contribution in [0.25, 0.3) is 33.9 Å².